The first-order chi connectivity index (χ1) is 34.5. The van der Waals surface area contributed by atoms with Crippen molar-refractivity contribution in [2.75, 3.05) is 9.80 Å². The summed E-state index contributed by atoms with van der Waals surface area (Å²) < 4.78 is 0. The summed E-state index contributed by atoms with van der Waals surface area (Å²) in [5.74, 6) is 0.292. The van der Waals surface area contributed by atoms with Crippen LogP contribution in [0.3, 0.4) is 0 Å². The number of rotatable bonds is 7. The molecule has 0 unspecified atom stereocenters. The highest BCUT2D eigenvalue weighted by Gasteiger charge is 2.47. The largest absolute Gasteiger partial charge is 0.311 e. The molecule has 0 atom stereocenters. The lowest BCUT2D eigenvalue weighted by Crippen LogP contribution is -2.62. The van der Waals surface area contributed by atoms with Gasteiger partial charge in [-0.2, -0.15) is 0 Å². The van der Waals surface area contributed by atoms with Gasteiger partial charge in [0.05, 0.1) is 5.69 Å². The fourth-order valence-electron chi connectivity index (χ4n) is 12.4. The van der Waals surface area contributed by atoms with Gasteiger partial charge in [0.15, 0.2) is 0 Å². The lowest BCUT2D eigenvalue weighted by atomic mass is 9.32. The average Bonchev–Trinajstić information content (AvgIpc) is 3.37. The molecule has 0 amide bonds. The molecule has 2 heterocycles. The normalized spacial score (nSPS) is 15.7. The molecule has 0 saturated heterocycles. The standard InChI is InChI=1S/C70H75BN2/c1-45(2)49-39-63-65-64(40-49)73(60-35-31-52(67(6,7)8)41-55(60)48-27-25-47(26-28-48)46-21-17-15-18-22-46)62-44-57-56(68(9,10)37-38-69(57,11)12)43-59(62)71(65)58-42-53(70(13,14)51-23-19-16-20-24-51)32-36-61(58)72(63)54-33-29-50(30-34-54)66(3,4)5/h15-36,39-45H,37-38H2,1-14H3. The first-order valence-corrected chi connectivity index (χ1v) is 27.1. The molecule has 8 aromatic carbocycles. The van der Waals surface area contributed by atoms with Crippen LogP contribution in [0.4, 0.5) is 34.1 Å². The van der Waals surface area contributed by atoms with Crippen LogP contribution in [0.2, 0.25) is 0 Å². The number of benzene rings is 8. The minimum atomic E-state index is -0.231. The SMILES string of the molecule is CC(C)c1cc2c3c(c1)N(c1ccc(C(C)(C)C)cc1-c1ccc(-c4ccccc4)cc1)c1cc4c(cc1B3c1cc(C(C)(C)c3ccccc3)ccc1N2c1ccc(C(C)(C)C)cc1)C(C)(C)CCC4(C)C. The summed E-state index contributed by atoms with van der Waals surface area (Å²) in [5.41, 5.74) is 25.9. The predicted octanol–water partition coefficient (Wildman–Crippen LogP) is 17.5. The maximum Gasteiger partial charge on any atom is 0.252 e. The van der Waals surface area contributed by atoms with Gasteiger partial charge in [-0.15, -0.1) is 0 Å². The van der Waals surface area contributed by atoms with Crippen molar-refractivity contribution in [1.29, 1.82) is 0 Å². The predicted molar refractivity (Wildman–Crippen MR) is 317 cm³/mol. The van der Waals surface area contributed by atoms with E-state index in [4.69, 9.17) is 0 Å². The van der Waals surface area contributed by atoms with E-state index in [1.807, 2.05) is 0 Å². The van der Waals surface area contributed by atoms with Crippen LogP contribution in [-0.4, -0.2) is 6.71 Å². The molecule has 11 rings (SSSR count). The Morgan fingerprint density at radius 1 is 0.425 bits per heavy atom. The summed E-state index contributed by atoms with van der Waals surface area (Å²) in [6.07, 6.45) is 2.30. The molecule has 0 aromatic heterocycles. The molecular weight excluding hydrogens is 880 g/mol. The lowest BCUT2D eigenvalue weighted by molar-refractivity contribution is 0.332. The Labute approximate surface area is 438 Å². The molecular formula is C70H75BN2. The molecule has 368 valence electrons. The molecule has 8 aromatic rings. The lowest BCUT2D eigenvalue weighted by Gasteiger charge is -2.48. The van der Waals surface area contributed by atoms with Crippen molar-refractivity contribution < 1.29 is 0 Å². The summed E-state index contributed by atoms with van der Waals surface area (Å²) in [6, 6.07) is 66.0. The summed E-state index contributed by atoms with van der Waals surface area (Å²) in [4.78, 5) is 5.33. The molecule has 0 spiro atoms. The number of anilines is 6. The highest BCUT2D eigenvalue weighted by atomic mass is 15.2. The van der Waals surface area contributed by atoms with E-state index in [9.17, 15) is 0 Å². The highest BCUT2D eigenvalue weighted by Crippen LogP contribution is 2.53. The molecule has 2 aliphatic heterocycles. The number of nitrogens with zero attached hydrogens (tertiary/aromatic N) is 2. The smallest absolute Gasteiger partial charge is 0.252 e. The fraction of sp³-hybridized carbons (Fsp3) is 0.314. The zero-order chi connectivity index (χ0) is 51.6. The fourth-order valence-corrected chi connectivity index (χ4v) is 12.4. The van der Waals surface area contributed by atoms with Crippen molar-refractivity contribution in [3.8, 4) is 22.3 Å². The molecule has 0 bridgehead atoms. The van der Waals surface area contributed by atoms with Crippen molar-refractivity contribution in [1.82, 2.24) is 0 Å². The molecule has 0 saturated carbocycles. The van der Waals surface area contributed by atoms with Crippen molar-refractivity contribution in [2.24, 2.45) is 0 Å². The second kappa shape index (κ2) is 17.3. The summed E-state index contributed by atoms with van der Waals surface area (Å²) in [6.45, 7) is 33.4. The Bertz CT molecular complexity index is 3400. The Morgan fingerprint density at radius 2 is 0.932 bits per heavy atom. The molecule has 3 aliphatic rings. The molecule has 2 nitrogen and oxygen atoms in total. The molecule has 0 fully saturated rings. The van der Waals surface area contributed by atoms with Gasteiger partial charge in [0.2, 0.25) is 0 Å². The second-order valence-corrected chi connectivity index (χ2v) is 25.9. The zero-order valence-corrected chi connectivity index (χ0v) is 46.1. The minimum absolute atomic E-state index is 0.0102. The van der Waals surface area contributed by atoms with Gasteiger partial charge in [-0.3, -0.25) is 0 Å². The Morgan fingerprint density at radius 3 is 1.53 bits per heavy atom. The third-order valence-corrected chi connectivity index (χ3v) is 17.3. The van der Waals surface area contributed by atoms with Gasteiger partial charge >= 0.3 is 0 Å². The zero-order valence-electron chi connectivity index (χ0n) is 46.1. The van der Waals surface area contributed by atoms with Crippen LogP contribution in [-0.2, 0) is 27.1 Å². The van der Waals surface area contributed by atoms with Crippen LogP contribution < -0.4 is 26.2 Å². The summed E-state index contributed by atoms with van der Waals surface area (Å²) >= 11 is 0. The van der Waals surface area contributed by atoms with Crippen LogP contribution in [0.5, 0.6) is 0 Å². The molecule has 0 radical (unpaired) electrons. The minimum Gasteiger partial charge on any atom is -0.311 e. The van der Waals surface area contributed by atoms with Crippen molar-refractivity contribution in [2.45, 2.75) is 143 Å². The van der Waals surface area contributed by atoms with E-state index < -0.39 is 0 Å². The molecule has 73 heavy (non-hydrogen) atoms. The maximum absolute atomic E-state index is 2.71. The highest BCUT2D eigenvalue weighted by molar-refractivity contribution is 7.00. The van der Waals surface area contributed by atoms with Gasteiger partial charge in [-0.1, -0.05) is 218 Å². The molecule has 1 aliphatic carbocycles. The number of fused-ring (bicyclic) bond motifs is 5. The summed E-state index contributed by atoms with van der Waals surface area (Å²) in [7, 11) is 0. The first-order valence-electron chi connectivity index (χ1n) is 27.1. The van der Waals surface area contributed by atoms with Gasteiger partial charge in [0.1, 0.15) is 0 Å². The van der Waals surface area contributed by atoms with Crippen LogP contribution in [0, 0.1) is 0 Å². The van der Waals surface area contributed by atoms with E-state index in [1.54, 1.807) is 0 Å². The van der Waals surface area contributed by atoms with E-state index in [0.717, 1.165) is 12.8 Å². The van der Waals surface area contributed by atoms with Crippen molar-refractivity contribution >= 4 is 57.2 Å². The van der Waals surface area contributed by atoms with E-state index in [1.165, 1.54) is 112 Å². The second-order valence-electron chi connectivity index (χ2n) is 25.9. The van der Waals surface area contributed by atoms with Gasteiger partial charge in [-0.05, 0) is 161 Å². The molecule has 3 heteroatoms. The van der Waals surface area contributed by atoms with E-state index in [-0.39, 0.29) is 33.8 Å². The van der Waals surface area contributed by atoms with E-state index >= 15 is 0 Å². The third kappa shape index (κ3) is 8.27. The van der Waals surface area contributed by atoms with Crippen molar-refractivity contribution in [3.63, 3.8) is 0 Å². The monoisotopic (exact) mass is 955 g/mol. The molecule has 0 N–H and O–H groups in total. The quantitative estimate of drug-likeness (QED) is 0.147. The van der Waals surface area contributed by atoms with Crippen LogP contribution in [0.15, 0.2) is 170 Å². The van der Waals surface area contributed by atoms with E-state index in [0.29, 0.717) is 5.92 Å². The van der Waals surface area contributed by atoms with E-state index in [2.05, 4.69) is 277 Å². The van der Waals surface area contributed by atoms with Gasteiger partial charge in [0.25, 0.3) is 6.71 Å². The van der Waals surface area contributed by atoms with Crippen LogP contribution >= 0.6 is 0 Å². The number of hydrogen-bond donors (Lipinski definition) is 0. The Balaban J connectivity index is 1.26. The maximum atomic E-state index is 2.71. The Kier molecular flexibility index (Phi) is 11.5. The Hall–Kier alpha value is -6.58. The van der Waals surface area contributed by atoms with Crippen LogP contribution in [0.25, 0.3) is 22.3 Å². The average molecular weight is 955 g/mol. The third-order valence-electron chi connectivity index (χ3n) is 17.3. The van der Waals surface area contributed by atoms with Gasteiger partial charge in [-0.25, -0.2) is 0 Å². The topological polar surface area (TPSA) is 6.48 Å². The van der Waals surface area contributed by atoms with Crippen molar-refractivity contribution in [3.05, 3.63) is 209 Å². The number of hydrogen-bond acceptors (Lipinski definition) is 2. The van der Waals surface area contributed by atoms with Gasteiger partial charge < -0.3 is 9.80 Å². The van der Waals surface area contributed by atoms with Gasteiger partial charge in [0, 0.05) is 39.4 Å². The summed E-state index contributed by atoms with van der Waals surface area (Å²) in [5, 5.41) is 0. The first kappa shape index (κ1) is 48.7. The van der Waals surface area contributed by atoms with Crippen LogP contribution in [0.1, 0.15) is 155 Å².